The van der Waals surface area contributed by atoms with E-state index in [4.69, 9.17) is 0 Å². The number of hydrogen-bond donors (Lipinski definition) is 1. The number of fused-ring (bicyclic) bond motifs is 1. The lowest BCUT2D eigenvalue weighted by molar-refractivity contribution is -0.116. The van der Waals surface area contributed by atoms with Crippen LogP contribution >= 0.6 is 0 Å². The topological polar surface area (TPSA) is 119 Å². The molecule has 4 rings (SSSR count). The van der Waals surface area contributed by atoms with E-state index < -0.39 is 15.9 Å². The molecule has 11 heteroatoms. The maximum Gasteiger partial charge on any atom is 0.264 e. The fraction of sp³-hybridized carbons (Fsp3) is 0.429. The second kappa shape index (κ2) is 8.83. The molecule has 0 atom stereocenters. The van der Waals surface area contributed by atoms with Gasteiger partial charge in [-0.15, -0.1) is 0 Å². The van der Waals surface area contributed by atoms with Gasteiger partial charge in [0.25, 0.3) is 5.56 Å². The molecule has 0 bridgehead atoms. The van der Waals surface area contributed by atoms with Gasteiger partial charge < -0.3 is 5.32 Å². The van der Waals surface area contributed by atoms with E-state index in [1.807, 2.05) is 0 Å². The van der Waals surface area contributed by atoms with Crippen molar-refractivity contribution in [2.24, 2.45) is 7.05 Å². The number of benzene rings is 1. The largest absolute Gasteiger partial charge is 0.325 e. The minimum Gasteiger partial charge on any atom is -0.325 e. The molecule has 1 aromatic carbocycles. The molecule has 0 radical (unpaired) electrons. The number of amides is 1. The van der Waals surface area contributed by atoms with E-state index in [1.54, 1.807) is 26.2 Å². The zero-order valence-electron chi connectivity index (χ0n) is 18.1. The molecular formula is C21H26N6O4S. The summed E-state index contributed by atoms with van der Waals surface area (Å²) in [5.41, 5.74) is 0.532. The molecule has 3 aromatic rings. The Kier molecular flexibility index (Phi) is 6.11. The first-order valence-corrected chi connectivity index (χ1v) is 12.0. The average molecular weight is 459 g/mol. The molecule has 170 valence electrons. The molecule has 0 saturated heterocycles. The molecule has 1 saturated carbocycles. The molecule has 0 spiro atoms. The third kappa shape index (κ3) is 4.30. The normalized spacial score (nSPS) is 15.3. The summed E-state index contributed by atoms with van der Waals surface area (Å²) in [6.07, 6.45) is 7.72. The van der Waals surface area contributed by atoms with Crippen LogP contribution in [-0.2, 0) is 28.4 Å². The summed E-state index contributed by atoms with van der Waals surface area (Å²) in [7, 11) is -0.284. The first kappa shape index (κ1) is 22.2. The lowest BCUT2D eigenvalue weighted by Gasteiger charge is -2.30. The number of sulfonamides is 1. The van der Waals surface area contributed by atoms with Crippen LogP contribution in [0.4, 0.5) is 5.69 Å². The van der Waals surface area contributed by atoms with Crippen LogP contribution in [0.3, 0.4) is 0 Å². The van der Waals surface area contributed by atoms with Crippen LogP contribution in [0.15, 0.2) is 46.5 Å². The lowest BCUT2D eigenvalue weighted by Crippen LogP contribution is -2.38. The molecule has 2 aromatic heterocycles. The molecule has 1 amide bonds. The molecule has 1 N–H and O–H groups in total. The van der Waals surface area contributed by atoms with Crippen LogP contribution in [0.2, 0.25) is 0 Å². The number of rotatable bonds is 6. The van der Waals surface area contributed by atoms with E-state index in [1.165, 1.54) is 38.2 Å². The molecule has 10 nitrogen and oxygen atoms in total. The Morgan fingerprint density at radius 3 is 2.56 bits per heavy atom. The van der Waals surface area contributed by atoms with Gasteiger partial charge in [-0.05, 0) is 37.1 Å². The summed E-state index contributed by atoms with van der Waals surface area (Å²) in [5, 5.41) is 7.02. The number of hydrogen-bond acceptors (Lipinski definition) is 6. The number of nitrogens with one attached hydrogen (secondary N) is 1. The zero-order valence-corrected chi connectivity index (χ0v) is 18.9. The van der Waals surface area contributed by atoms with Crippen molar-refractivity contribution in [3.63, 3.8) is 0 Å². The molecule has 1 fully saturated rings. The van der Waals surface area contributed by atoms with Crippen LogP contribution in [0.25, 0.3) is 11.0 Å². The van der Waals surface area contributed by atoms with E-state index in [0.29, 0.717) is 16.7 Å². The fourth-order valence-electron chi connectivity index (χ4n) is 4.05. The minimum absolute atomic E-state index is 0.0252. The lowest BCUT2D eigenvalue weighted by atomic mass is 9.96. The van der Waals surface area contributed by atoms with Crippen molar-refractivity contribution >= 4 is 32.7 Å². The number of carbonyl (C=O) groups is 1. The molecule has 1 aliphatic carbocycles. The van der Waals surface area contributed by atoms with E-state index in [0.717, 1.165) is 32.1 Å². The Morgan fingerprint density at radius 1 is 1.19 bits per heavy atom. The van der Waals surface area contributed by atoms with Crippen molar-refractivity contribution < 1.29 is 13.2 Å². The summed E-state index contributed by atoms with van der Waals surface area (Å²) in [4.78, 5) is 29.3. The van der Waals surface area contributed by atoms with Crippen LogP contribution in [-0.4, -0.2) is 51.1 Å². The van der Waals surface area contributed by atoms with Crippen LogP contribution in [0, 0.1) is 0 Å². The van der Waals surface area contributed by atoms with E-state index in [-0.39, 0.29) is 23.0 Å². The van der Waals surface area contributed by atoms with Crippen molar-refractivity contribution in [3.8, 4) is 0 Å². The Bertz CT molecular complexity index is 1290. The Balaban J connectivity index is 1.44. The summed E-state index contributed by atoms with van der Waals surface area (Å²) in [5.74, 6) is -0.424. The monoisotopic (exact) mass is 458 g/mol. The standard InChI is InChI=1S/C21H26N6O4S/c1-25-20-18(12-23-25)21(29)27(14-22-20)13-19(28)24-15-8-10-17(11-9-15)32(30,31)26(2)16-6-4-3-5-7-16/h8-12,14,16H,3-7,13H2,1-2H3,(H,24,28). The maximum atomic E-state index is 12.9. The van der Waals surface area contributed by atoms with Gasteiger partial charge in [0.1, 0.15) is 18.3 Å². The molecule has 32 heavy (non-hydrogen) atoms. The van der Waals surface area contributed by atoms with E-state index in [9.17, 15) is 18.0 Å². The minimum atomic E-state index is -3.60. The summed E-state index contributed by atoms with van der Waals surface area (Å²) >= 11 is 0. The first-order valence-electron chi connectivity index (χ1n) is 10.5. The Hall–Kier alpha value is -3.05. The number of nitrogens with zero attached hydrogens (tertiary/aromatic N) is 5. The van der Waals surface area contributed by atoms with Gasteiger partial charge in [-0.2, -0.15) is 9.40 Å². The highest BCUT2D eigenvalue weighted by molar-refractivity contribution is 7.89. The predicted octanol–water partition coefficient (Wildman–Crippen LogP) is 1.72. The highest BCUT2D eigenvalue weighted by atomic mass is 32.2. The van der Waals surface area contributed by atoms with Gasteiger partial charge in [0.05, 0.1) is 11.1 Å². The highest BCUT2D eigenvalue weighted by Crippen LogP contribution is 2.27. The second-order valence-electron chi connectivity index (χ2n) is 8.07. The molecule has 0 aliphatic heterocycles. The number of carbonyl (C=O) groups excluding carboxylic acids is 1. The van der Waals surface area contributed by atoms with Crippen molar-refractivity contribution in [3.05, 3.63) is 47.1 Å². The fourth-order valence-corrected chi connectivity index (χ4v) is 5.47. The zero-order chi connectivity index (χ0) is 22.9. The van der Waals surface area contributed by atoms with Gasteiger partial charge in [-0.25, -0.2) is 13.4 Å². The van der Waals surface area contributed by atoms with Crippen LogP contribution in [0.5, 0.6) is 0 Å². The number of aryl methyl sites for hydroxylation is 1. The van der Waals surface area contributed by atoms with Gasteiger partial charge in [0, 0.05) is 25.8 Å². The van der Waals surface area contributed by atoms with Crippen molar-refractivity contribution in [2.45, 2.75) is 49.6 Å². The SMILES string of the molecule is CN(C1CCCCC1)S(=O)(=O)c1ccc(NC(=O)Cn2cnc3c(cnn3C)c2=O)cc1. The van der Waals surface area contributed by atoms with Crippen LogP contribution < -0.4 is 10.9 Å². The van der Waals surface area contributed by atoms with E-state index in [2.05, 4.69) is 15.4 Å². The van der Waals surface area contributed by atoms with Crippen molar-refractivity contribution in [2.75, 3.05) is 12.4 Å². The summed E-state index contributed by atoms with van der Waals surface area (Å²) < 4.78 is 30.0. The van der Waals surface area contributed by atoms with Gasteiger partial charge in [-0.1, -0.05) is 19.3 Å². The Morgan fingerprint density at radius 2 is 1.88 bits per heavy atom. The van der Waals surface area contributed by atoms with Gasteiger partial charge in [-0.3, -0.25) is 18.8 Å². The molecule has 0 unspecified atom stereocenters. The third-order valence-electron chi connectivity index (χ3n) is 5.94. The average Bonchev–Trinajstić information content (AvgIpc) is 3.17. The summed E-state index contributed by atoms with van der Waals surface area (Å²) in [6, 6.07) is 6.09. The van der Waals surface area contributed by atoms with Crippen molar-refractivity contribution in [1.29, 1.82) is 0 Å². The molecule has 2 heterocycles. The summed E-state index contributed by atoms with van der Waals surface area (Å²) in [6.45, 7) is -0.221. The van der Waals surface area contributed by atoms with Gasteiger partial charge in [0.2, 0.25) is 15.9 Å². The smallest absolute Gasteiger partial charge is 0.264 e. The van der Waals surface area contributed by atoms with Crippen LogP contribution in [0.1, 0.15) is 32.1 Å². The predicted molar refractivity (Wildman–Crippen MR) is 120 cm³/mol. The quantitative estimate of drug-likeness (QED) is 0.601. The number of anilines is 1. The van der Waals surface area contributed by atoms with Gasteiger partial charge in [0.15, 0.2) is 5.65 Å². The highest BCUT2D eigenvalue weighted by Gasteiger charge is 2.29. The number of aromatic nitrogens is 4. The maximum absolute atomic E-state index is 12.9. The van der Waals surface area contributed by atoms with E-state index >= 15 is 0 Å². The first-order chi connectivity index (χ1) is 15.3. The van der Waals surface area contributed by atoms with Crippen molar-refractivity contribution in [1.82, 2.24) is 23.6 Å². The third-order valence-corrected chi connectivity index (χ3v) is 7.86. The van der Waals surface area contributed by atoms with Gasteiger partial charge >= 0.3 is 0 Å². The second-order valence-corrected chi connectivity index (χ2v) is 10.1. The Labute approximate surface area is 185 Å². The molecular weight excluding hydrogens is 432 g/mol. The molecule has 1 aliphatic rings.